The van der Waals surface area contributed by atoms with E-state index >= 15 is 0 Å². The maximum absolute atomic E-state index is 12.3. The van der Waals surface area contributed by atoms with E-state index in [1.54, 1.807) is 12.1 Å². The predicted molar refractivity (Wildman–Crippen MR) is 88.2 cm³/mol. The van der Waals surface area contributed by atoms with Gasteiger partial charge in [-0.15, -0.1) is 11.6 Å². The summed E-state index contributed by atoms with van der Waals surface area (Å²) in [4.78, 5) is 24.3. The molecule has 0 spiro atoms. The number of hydrogen-bond donors (Lipinski definition) is 1. The standard InChI is InChI=1S/C18H14ClNO2/c19-10-9-12-5-7-13(8-6-12)17(21)11-15-14-3-1-2-4-16(14)20-18(15)22/h1-8,11H,9-10H2,(H,20,22)/b15-11-. The summed E-state index contributed by atoms with van der Waals surface area (Å²) in [7, 11) is 0. The van der Waals surface area contributed by atoms with Crippen molar-refractivity contribution in [3.05, 3.63) is 71.3 Å². The molecule has 1 heterocycles. The van der Waals surface area contributed by atoms with E-state index in [9.17, 15) is 9.59 Å². The van der Waals surface area contributed by atoms with Gasteiger partial charge in [-0.25, -0.2) is 0 Å². The van der Waals surface area contributed by atoms with Crippen molar-refractivity contribution in [2.75, 3.05) is 11.2 Å². The number of carbonyl (C=O) groups is 2. The van der Waals surface area contributed by atoms with Gasteiger partial charge < -0.3 is 5.32 Å². The molecule has 0 unspecified atom stereocenters. The zero-order chi connectivity index (χ0) is 15.5. The van der Waals surface area contributed by atoms with Gasteiger partial charge in [-0.1, -0.05) is 42.5 Å². The lowest BCUT2D eigenvalue weighted by molar-refractivity contribution is -0.110. The van der Waals surface area contributed by atoms with Crippen LogP contribution in [0.4, 0.5) is 5.69 Å². The summed E-state index contributed by atoms with van der Waals surface area (Å²) in [5.74, 6) is 0.126. The van der Waals surface area contributed by atoms with Crippen LogP contribution in [0.15, 0.2) is 54.6 Å². The smallest absolute Gasteiger partial charge is 0.256 e. The Morgan fingerprint density at radius 3 is 2.55 bits per heavy atom. The van der Waals surface area contributed by atoms with Crippen LogP contribution in [0.5, 0.6) is 0 Å². The Kier molecular flexibility index (Phi) is 4.07. The molecular formula is C18H14ClNO2. The van der Waals surface area contributed by atoms with Crippen molar-refractivity contribution in [2.45, 2.75) is 6.42 Å². The van der Waals surface area contributed by atoms with Crippen LogP contribution in [-0.2, 0) is 11.2 Å². The first kappa shape index (κ1) is 14.5. The number of allylic oxidation sites excluding steroid dienone is 1. The van der Waals surface area contributed by atoms with Crippen LogP contribution in [0, 0.1) is 0 Å². The zero-order valence-corrected chi connectivity index (χ0v) is 12.6. The highest BCUT2D eigenvalue weighted by molar-refractivity contribution is 6.35. The molecule has 1 N–H and O–H groups in total. The molecule has 2 aromatic rings. The maximum Gasteiger partial charge on any atom is 0.256 e. The molecule has 0 bridgehead atoms. The third-order valence-electron chi connectivity index (χ3n) is 3.61. The van der Waals surface area contributed by atoms with E-state index in [-0.39, 0.29) is 11.7 Å². The minimum Gasteiger partial charge on any atom is -0.321 e. The quantitative estimate of drug-likeness (QED) is 0.532. The highest BCUT2D eigenvalue weighted by Crippen LogP contribution is 2.31. The fourth-order valence-electron chi connectivity index (χ4n) is 2.44. The van der Waals surface area contributed by atoms with Gasteiger partial charge in [-0.2, -0.15) is 0 Å². The van der Waals surface area contributed by atoms with Crippen molar-refractivity contribution in [2.24, 2.45) is 0 Å². The third kappa shape index (κ3) is 2.81. The van der Waals surface area contributed by atoms with Crippen LogP contribution in [0.1, 0.15) is 21.5 Å². The Balaban J connectivity index is 1.88. The van der Waals surface area contributed by atoms with Gasteiger partial charge in [0, 0.05) is 22.7 Å². The van der Waals surface area contributed by atoms with Crippen LogP contribution in [0.3, 0.4) is 0 Å². The van der Waals surface area contributed by atoms with Gasteiger partial charge in [0.2, 0.25) is 0 Å². The summed E-state index contributed by atoms with van der Waals surface area (Å²) in [6.45, 7) is 0. The number of fused-ring (bicyclic) bond motifs is 1. The van der Waals surface area contributed by atoms with Gasteiger partial charge >= 0.3 is 0 Å². The Hall–Kier alpha value is -2.39. The predicted octanol–water partition coefficient (Wildman–Crippen LogP) is 3.69. The second kappa shape index (κ2) is 6.16. The summed E-state index contributed by atoms with van der Waals surface area (Å²) in [5.41, 5.74) is 3.56. The number of para-hydroxylation sites is 1. The molecule has 2 aromatic carbocycles. The molecule has 0 atom stereocenters. The number of amides is 1. The molecule has 0 fully saturated rings. The summed E-state index contributed by atoms with van der Waals surface area (Å²) in [5, 5.41) is 2.76. The van der Waals surface area contributed by atoms with Gasteiger partial charge in [0.05, 0.1) is 5.57 Å². The van der Waals surface area contributed by atoms with Crippen LogP contribution < -0.4 is 5.32 Å². The molecular weight excluding hydrogens is 298 g/mol. The number of aryl methyl sites for hydroxylation is 1. The van der Waals surface area contributed by atoms with Gasteiger partial charge in [-0.05, 0) is 24.1 Å². The summed E-state index contributed by atoms with van der Waals surface area (Å²) >= 11 is 5.69. The molecule has 3 rings (SSSR count). The number of nitrogens with one attached hydrogen (secondary N) is 1. The number of hydrogen-bond acceptors (Lipinski definition) is 2. The average molecular weight is 312 g/mol. The molecule has 1 aliphatic rings. The van der Waals surface area contributed by atoms with Crippen LogP contribution in [0.25, 0.3) is 5.57 Å². The van der Waals surface area contributed by atoms with E-state index in [0.29, 0.717) is 17.0 Å². The molecule has 110 valence electrons. The topological polar surface area (TPSA) is 46.2 Å². The molecule has 0 aromatic heterocycles. The Morgan fingerprint density at radius 1 is 1.09 bits per heavy atom. The summed E-state index contributed by atoms with van der Waals surface area (Å²) in [6, 6.07) is 14.6. The molecule has 4 heteroatoms. The lowest BCUT2D eigenvalue weighted by Crippen LogP contribution is -2.06. The molecule has 0 radical (unpaired) electrons. The van der Waals surface area contributed by atoms with E-state index in [4.69, 9.17) is 11.6 Å². The monoisotopic (exact) mass is 311 g/mol. The Morgan fingerprint density at radius 2 is 1.82 bits per heavy atom. The first-order chi connectivity index (χ1) is 10.7. The Labute approximate surface area is 133 Å². The lowest BCUT2D eigenvalue weighted by Gasteiger charge is -2.01. The third-order valence-corrected chi connectivity index (χ3v) is 3.80. The van der Waals surface area contributed by atoms with Crippen LogP contribution in [-0.4, -0.2) is 17.6 Å². The van der Waals surface area contributed by atoms with Crippen LogP contribution >= 0.6 is 11.6 Å². The number of halogens is 1. The van der Waals surface area contributed by atoms with Crippen molar-refractivity contribution >= 4 is 34.6 Å². The SMILES string of the molecule is O=C1Nc2ccccc2/C1=C/C(=O)c1ccc(CCCl)cc1. The lowest BCUT2D eigenvalue weighted by atomic mass is 10.0. The minimum atomic E-state index is -0.242. The first-order valence-electron chi connectivity index (χ1n) is 7.01. The Bertz CT molecular complexity index is 763. The van der Waals surface area contributed by atoms with Crippen LogP contribution in [0.2, 0.25) is 0 Å². The van der Waals surface area contributed by atoms with E-state index in [0.717, 1.165) is 23.2 Å². The van der Waals surface area contributed by atoms with Crippen molar-refractivity contribution in [3.8, 4) is 0 Å². The fourth-order valence-corrected chi connectivity index (χ4v) is 2.66. The highest BCUT2D eigenvalue weighted by Gasteiger charge is 2.24. The van der Waals surface area contributed by atoms with E-state index in [1.807, 2.05) is 36.4 Å². The number of alkyl halides is 1. The van der Waals surface area contributed by atoms with E-state index < -0.39 is 0 Å². The van der Waals surface area contributed by atoms with Gasteiger partial charge in [-0.3, -0.25) is 9.59 Å². The minimum absolute atomic E-state index is 0.181. The molecule has 1 aliphatic heterocycles. The van der Waals surface area contributed by atoms with Gasteiger partial charge in [0.25, 0.3) is 5.91 Å². The second-order valence-electron chi connectivity index (χ2n) is 5.06. The second-order valence-corrected chi connectivity index (χ2v) is 5.44. The summed E-state index contributed by atoms with van der Waals surface area (Å²) < 4.78 is 0. The van der Waals surface area contributed by atoms with E-state index in [2.05, 4.69) is 5.32 Å². The molecule has 3 nitrogen and oxygen atoms in total. The van der Waals surface area contributed by atoms with Crippen molar-refractivity contribution in [3.63, 3.8) is 0 Å². The number of carbonyl (C=O) groups excluding carboxylic acids is 2. The van der Waals surface area contributed by atoms with Crippen molar-refractivity contribution in [1.29, 1.82) is 0 Å². The normalized spacial score (nSPS) is 14.8. The molecule has 0 saturated heterocycles. The van der Waals surface area contributed by atoms with Crippen molar-refractivity contribution < 1.29 is 9.59 Å². The zero-order valence-electron chi connectivity index (χ0n) is 11.8. The molecule has 0 aliphatic carbocycles. The largest absolute Gasteiger partial charge is 0.321 e. The molecule has 0 saturated carbocycles. The number of anilines is 1. The maximum atomic E-state index is 12.3. The number of rotatable bonds is 4. The number of ketones is 1. The number of benzene rings is 2. The fraction of sp³-hybridized carbons (Fsp3) is 0.111. The van der Waals surface area contributed by atoms with Crippen molar-refractivity contribution in [1.82, 2.24) is 0 Å². The van der Waals surface area contributed by atoms with Gasteiger partial charge in [0.15, 0.2) is 5.78 Å². The molecule has 1 amide bonds. The van der Waals surface area contributed by atoms with E-state index in [1.165, 1.54) is 6.08 Å². The van der Waals surface area contributed by atoms with Gasteiger partial charge in [0.1, 0.15) is 0 Å². The summed E-state index contributed by atoms with van der Waals surface area (Å²) in [6.07, 6.45) is 2.17. The average Bonchev–Trinajstić information content (AvgIpc) is 2.84. The molecule has 22 heavy (non-hydrogen) atoms. The highest BCUT2D eigenvalue weighted by atomic mass is 35.5. The first-order valence-corrected chi connectivity index (χ1v) is 7.54.